The molecule has 0 saturated carbocycles. The number of carboxylic acid groups (broad SMARTS) is 1. The average Bonchev–Trinajstić information content (AvgIpc) is 3.09. The number of fused-ring (bicyclic) bond motifs is 1. The maximum Gasteiger partial charge on any atom is 0.347 e. The monoisotopic (exact) mass is 480 g/mol. The Labute approximate surface area is 205 Å². The number of rotatable bonds is 9. The minimum absolute atomic E-state index is 0.201. The van der Waals surface area contributed by atoms with Crippen LogP contribution in [0.4, 0.5) is 0 Å². The first kappa shape index (κ1) is 25.6. The lowest BCUT2D eigenvalue weighted by atomic mass is 10.0. The molecule has 3 rings (SSSR count). The molecule has 0 bridgehead atoms. The number of hydrogen-bond acceptors (Lipinski definition) is 5. The highest BCUT2D eigenvalue weighted by molar-refractivity contribution is 7.99. The SMILES string of the molecule is Cc1cc(/C=C/C(=O)c2oc3cc(SCC(C)C)ccc3c2C)cc(C)c1OC(C)(C)C(=O)O. The molecule has 0 unspecified atom stereocenters. The van der Waals surface area contributed by atoms with Gasteiger partial charge >= 0.3 is 5.97 Å². The maximum absolute atomic E-state index is 12.9. The average molecular weight is 481 g/mol. The Hall–Kier alpha value is -2.99. The Kier molecular flexibility index (Phi) is 7.61. The van der Waals surface area contributed by atoms with E-state index in [0.29, 0.717) is 17.4 Å². The number of ketones is 1. The van der Waals surface area contributed by atoms with Crippen LogP contribution in [0, 0.1) is 26.7 Å². The predicted octanol–water partition coefficient (Wildman–Crippen LogP) is 7.24. The second kappa shape index (κ2) is 10.1. The van der Waals surface area contributed by atoms with Crippen molar-refractivity contribution in [3.8, 4) is 5.75 Å². The van der Waals surface area contributed by atoms with Crippen molar-refractivity contribution in [1.82, 2.24) is 0 Å². The fourth-order valence-corrected chi connectivity index (χ4v) is 4.46. The van der Waals surface area contributed by atoms with Gasteiger partial charge in [-0.2, -0.15) is 0 Å². The van der Waals surface area contributed by atoms with Gasteiger partial charge in [-0.15, -0.1) is 11.8 Å². The lowest BCUT2D eigenvalue weighted by Crippen LogP contribution is -2.38. The molecule has 0 aliphatic heterocycles. The minimum Gasteiger partial charge on any atom is -0.478 e. The summed E-state index contributed by atoms with van der Waals surface area (Å²) in [7, 11) is 0. The largest absolute Gasteiger partial charge is 0.478 e. The summed E-state index contributed by atoms with van der Waals surface area (Å²) >= 11 is 1.78. The Balaban J connectivity index is 1.82. The molecule has 0 atom stereocenters. The second-order valence-electron chi connectivity index (χ2n) is 9.52. The van der Waals surface area contributed by atoms with Crippen molar-refractivity contribution in [2.45, 2.75) is 59.0 Å². The van der Waals surface area contributed by atoms with Gasteiger partial charge in [-0.3, -0.25) is 4.79 Å². The first-order chi connectivity index (χ1) is 15.9. The van der Waals surface area contributed by atoms with E-state index in [9.17, 15) is 14.7 Å². The molecule has 1 heterocycles. The van der Waals surface area contributed by atoms with Crippen LogP contribution < -0.4 is 4.74 Å². The molecule has 180 valence electrons. The van der Waals surface area contributed by atoms with E-state index < -0.39 is 11.6 Å². The van der Waals surface area contributed by atoms with Gasteiger partial charge in [0.2, 0.25) is 5.78 Å². The van der Waals surface area contributed by atoms with Crippen LogP contribution >= 0.6 is 11.8 Å². The molecule has 0 aliphatic rings. The van der Waals surface area contributed by atoms with E-state index >= 15 is 0 Å². The molecule has 0 spiro atoms. The van der Waals surface area contributed by atoms with Crippen LogP contribution in [0.15, 0.2) is 45.7 Å². The van der Waals surface area contributed by atoms with E-state index in [-0.39, 0.29) is 5.78 Å². The summed E-state index contributed by atoms with van der Waals surface area (Å²) in [5.41, 5.74) is 2.63. The fraction of sp³-hybridized carbons (Fsp3) is 0.357. The molecule has 0 saturated heterocycles. The molecule has 2 aromatic carbocycles. The first-order valence-electron chi connectivity index (χ1n) is 11.3. The zero-order chi connectivity index (χ0) is 25.2. The lowest BCUT2D eigenvalue weighted by Gasteiger charge is -2.24. The molecule has 0 aliphatic carbocycles. The van der Waals surface area contributed by atoms with Gasteiger partial charge in [-0.1, -0.05) is 19.9 Å². The van der Waals surface area contributed by atoms with Gasteiger partial charge < -0.3 is 14.3 Å². The highest BCUT2D eigenvalue weighted by Crippen LogP contribution is 2.32. The third-order valence-corrected chi connectivity index (χ3v) is 6.92. The van der Waals surface area contributed by atoms with Crippen molar-refractivity contribution in [2.75, 3.05) is 5.75 Å². The molecule has 3 aromatic rings. The summed E-state index contributed by atoms with van der Waals surface area (Å²) in [6.45, 7) is 13.0. The molecule has 0 amide bonds. The Bertz CT molecular complexity index is 1240. The van der Waals surface area contributed by atoms with Gasteiger partial charge in [0.1, 0.15) is 11.3 Å². The van der Waals surface area contributed by atoms with Crippen molar-refractivity contribution in [2.24, 2.45) is 5.92 Å². The second-order valence-corrected chi connectivity index (χ2v) is 10.6. The Morgan fingerprint density at radius 3 is 2.35 bits per heavy atom. The van der Waals surface area contributed by atoms with Gasteiger partial charge in [-0.05, 0) is 93.6 Å². The van der Waals surface area contributed by atoms with Gasteiger partial charge in [-0.25, -0.2) is 4.79 Å². The van der Waals surface area contributed by atoms with Crippen molar-refractivity contribution in [3.05, 3.63) is 64.4 Å². The van der Waals surface area contributed by atoms with Crippen LogP contribution in [0.2, 0.25) is 0 Å². The van der Waals surface area contributed by atoms with Crippen molar-refractivity contribution in [3.63, 3.8) is 0 Å². The number of carbonyl (C=O) groups is 2. The van der Waals surface area contributed by atoms with Crippen molar-refractivity contribution in [1.29, 1.82) is 0 Å². The smallest absolute Gasteiger partial charge is 0.347 e. The number of thioether (sulfide) groups is 1. The van der Waals surface area contributed by atoms with E-state index in [0.717, 1.165) is 43.9 Å². The summed E-state index contributed by atoms with van der Waals surface area (Å²) in [5, 5.41) is 10.3. The predicted molar refractivity (Wildman–Crippen MR) is 138 cm³/mol. The minimum atomic E-state index is -1.34. The van der Waals surface area contributed by atoms with Crippen LogP contribution in [0.25, 0.3) is 17.0 Å². The van der Waals surface area contributed by atoms with Crippen LogP contribution in [-0.2, 0) is 4.79 Å². The van der Waals surface area contributed by atoms with Gasteiger partial charge in [0, 0.05) is 21.6 Å². The topological polar surface area (TPSA) is 76.7 Å². The number of aliphatic carboxylic acids is 1. The van der Waals surface area contributed by atoms with Crippen LogP contribution in [0.5, 0.6) is 5.75 Å². The van der Waals surface area contributed by atoms with Crippen LogP contribution in [-0.4, -0.2) is 28.2 Å². The van der Waals surface area contributed by atoms with Crippen LogP contribution in [0.1, 0.15) is 60.5 Å². The third-order valence-electron chi connectivity index (χ3n) is 5.50. The molecule has 34 heavy (non-hydrogen) atoms. The first-order valence-corrected chi connectivity index (χ1v) is 12.3. The number of ether oxygens (including phenoxy) is 1. The molecular formula is C28H32O5S. The number of aryl methyl sites for hydroxylation is 3. The zero-order valence-electron chi connectivity index (χ0n) is 20.8. The number of allylic oxidation sites excluding steroid dienone is 1. The number of furan rings is 1. The highest BCUT2D eigenvalue weighted by atomic mass is 32.2. The normalized spacial score (nSPS) is 12.1. The lowest BCUT2D eigenvalue weighted by molar-refractivity contribution is -0.152. The number of carbonyl (C=O) groups excluding carboxylic acids is 1. The van der Waals surface area contributed by atoms with Crippen molar-refractivity contribution >= 4 is 40.6 Å². The third kappa shape index (κ3) is 5.73. The number of benzene rings is 2. The summed E-state index contributed by atoms with van der Waals surface area (Å²) in [6.07, 6.45) is 3.25. The molecule has 5 nitrogen and oxygen atoms in total. The van der Waals surface area contributed by atoms with Crippen molar-refractivity contribution < 1.29 is 23.8 Å². The van der Waals surface area contributed by atoms with Gasteiger partial charge in [0.05, 0.1) is 0 Å². The van der Waals surface area contributed by atoms with E-state index in [1.54, 1.807) is 17.8 Å². The molecular weight excluding hydrogens is 448 g/mol. The highest BCUT2D eigenvalue weighted by Gasteiger charge is 2.30. The Morgan fingerprint density at radius 2 is 1.76 bits per heavy atom. The Morgan fingerprint density at radius 1 is 1.12 bits per heavy atom. The fourth-order valence-electron chi connectivity index (χ4n) is 3.58. The molecule has 0 radical (unpaired) electrons. The van der Waals surface area contributed by atoms with E-state index in [1.165, 1.54) is 19.9 Å². The zero-order valence-corrected chi connectivity index (χ0v) is 21.6. The summed E-state index contributed by atoms with van der Waals surface area (Å²) < 4.78 is 11.7. The van der Waals surface area contributed by atoms with Gasteiger partial charge in [0.15, 0.2) is 11.4 Å². The van der Waals surface area contributed by atoms with E-state index in [4.69, 9.17) is 9.15 Å². The summed E-state index contributed by atoms with van der Waals surface area (Å²) in [6, 6.07) is 9.83. The van der Waals surface area contributed by atoms with E-state index in [1.807, 2.05) is 45.0 Å². The molecule has 1 aromatic heterocycles. The maximum atomic E-state index is 12.9. The summed E-state index contributed by atoms with van der Waals surface area (Å²) in [5.74, 6) is 1.26. The van der Waals surface area contributed by atoms with E-state index in [2.05, 4.69) is 19.9 Å². The van der Waals surface area contributed by atoms with Crippen LogP contribution in [0.3, 0.4) is 0 Å². The molecule has 1 N–H and O–H groups in total. The molecule has 0 fully saturated rings. The standard InChI is InChI=1S/C28H32O5S/c1-16(2)15-34-21-9-10-22-19(5)26(32-24(22)14-21)23(29)11-8-20-12-17(3)25(18(4)13-20)33-28(6,7)27(30)31/h8-14,16H,15H2,1-7H3,(H,30,31)/b11-8+. The number of carboxylic acids is 1. The quantitative estimate of drug-likeness (QED) is 0.198. The molecule has 6 heteroatoms. The van der Waals surface area contributed by atoms with Gasteiger partial charge in [0.25, 0.3) is 0 Å². The number of hydrogen-bond donors (Lipinski definition) is 1. The summed E-state index contributed by atoms with van der Waals surface area (Å²) in [4.78, 5) is 25.5.